The van der Waals surface area contributed by atoms with Gasteiger partial charge in [0.1, 0.15) is 0 Å². The van der Waals surface area contributed by atoms with Crippen molar-refractivity contribution in [2.45, 2.75) is 57.3 Å². The van der Waals surface area contributed by atoms with Gasteiger partial charge >= 0.3 is 0 Å². The number of likely N-dealkylation sites (tertiary alicyclic amines) is 1. The molecule has 0 spiro atoms. The van der Waals surface area contributed by atoms with Crippen molar-refractivity contribution in [1.29, 1.82) is 0 Å². The first-order valence-electron chi connectivity index (χ1n) is 12.6. The van der Waals surface area contributed by atoms with Gasteiger partial charge < -0.3 is 20.4 Å². The molecule has 1 fully saturated rings. The number of aliphatic hydroxyl groups excluding tert-OH is 2. The van der Waals surface area contributed by atoms with Gasteiger partial charge in [0.25, 0.3) is 11.8 Å². The summed E-state index contributed by atoms with van der Waals surface area (Å²) in [7, 11) is 0. The van der Waals surface area contributed by atoms with E-state index in [4.69, 9.17) is 0 Å². The molecule has 4 rings (SSSR count). The summed E-state index contributed by atoms with van der Waals surface area (Å²) in [4.78, 5) is 28.2. The number of rotatable bonds is 10. The topological polar surface area (TPSA) is 89.9 Å². The van der Waals surface area contributed by atoms with E-state index in [1.54, 1.807) is 16.2 Å². The second-order valence-corrected chi connectivity index (χ2v) is 10.3. The lowest BCUT2D eigenvalue weighted by atomic mass is 10.0. The van der Waals surface area contributed by atoms with Crippen LogP contribution in [0.25, 0.3) is 0 Å². The van der Waals surface area contributed by atoms with Crippen molar-refractivity contribution in [2.24, 2.45) is 0 Å². The fraction of sp³-hybridized carbons (Fsp3) is 0.379. The number of carbonyl (C=O) groups is 2. The highest BCUT2D eigenvalue weighted by molar-refractivity contribution is 7.10. The Morgan fingerprint density at radius 2 is 1.78 bits per heavy atom. The third-order valence-electron chi connectivity index (χ3n) is 6.76. The first kappa shape index (κ1) is 26.1. The number of hydrogen-bond donors (Lipinski definition) is 3. The first-order chi connectivity index (χ1) is 17.5. The molecule has 190 valence electrons. The van der Waals surface area contributed by atoms with Crippen LogP contribution in [-0.2, 0) is 28.9 Å². The van der Waals surface area contributed by atoms with Crippen LogP contribution in [0, 0.1) is 0 Å². The summed E-state index contributed by atoms with van der Waals surface area (Å²) >= 11 is 1.63. The Kier molecular flexibility index (Phi) is 8.91. The summed E-state index contributed by atoms with van der Waals surface area (Å²) in [5, 5.41) is 25.7. The van der Waals surface area contributed by atoms with Crippen LogP contribution in [0.4, 0.5) is 0 Å². The van der Waals surface area contributed by atoms with E-state index in [0.29, 0.717) is 19.5 Å². The highest BCUT2D eigenvalue weighted by Gasteiger charge is 2.38. The number of amides is 2. The molecule has 2 heterocycles. The second-order valence-electron chi connectivity index (χ2n) is 9.30. The van der Waals surface area contributed by atoms with Crippen molar-refractivity contribution in [3.05, 3.63) is 93.2 Å². The normalized spacial score (nSPS) is 17.1. The third kappa shape index (κ3) is 6.40. The summed E-state index contributed by atoms with van der Waals surface area (Å²) in [6.07, 6.45) is 0.418. The third-order valence-corrected chi connectivity index (χ3v) is 7.80. The van der Waals surface area contributed by atoms with E-state index in [1.165, 1.54) is 16.7 Å². The van der Waals surface area contributed by atoms with Crippen LogP contribution in [0.2, 0.25) is 0 Å². The van der Waals surface area contributed by atoms with Gasteiger partial charge in [0.05, 0.1) is 6.04 Å². The van der Waals surface area contributed by atoms with E-state index in [-0.39, 0.29) is 6.04 Å². The standard InChI is InChI=1S/C29H34N2O4S/c1-2-20-10-12-23(13-11-20)25-9-6-16-31(25)29(35)27(33)26(32)28(34)30-15-14-24-18-22(19-36-24)17-21-7-4-3-5-8-21/h3-5,7-8,10-13,18-19,25-27,32-33H,2,6,9,14-17H2,1H3,(H,30,34)/t25?,26-,27-/m1/s1. The Morgan fingerprint density at radius 1 is 1.03 bits per heavy atom. The van der Waals surface area contributed by atoms with Gasteiger partial charge in [0, 0.05) is 18.0 Å². The number of benzene rings is 2. The van der Waals surface area contributed by atoms with E-state index in [9.17, 15) is 19.8 Å². The smallest absolute Gasteiger partial charge is 0.255 e. The maximum Gasteiger partial charge on any atom is 0.255 e. The molecular formula is C29H34N2O4S. The molecule has 3 N–H and O–H groups in total. The molecule has 1 unspecified atom stereocenters. The number of nitrogens with one attached hydrogen (secondary N) is 1. The molecule has 3 aromatic rings. The van der Waals surface area contributed by atoms with Crippen molar-refractivity contribution in [2.75, 3.05) is 13.1 Å². The van der Waals surface area contributed by atoms with Crippen molar-refractivity contribution in [3.8, 4) is 0 Å². The Bertz CT molecular complexity index is 1150. The zero-order valence-electron chi connectivity index (χ0n) is 20.6. The number of nitrogens with zero attached hydrogens (tertiary/aromatic N) is 1. The van der Waals surface area contributed by atoms with Crippen LogP contribution in [0.5, 0.6) is 0 Å². The lowest BCUT2D eigenvalue weighted by molar-refractivity contribution is -0.153. The molecule has 1 aromatic heterocycles. The van der Waals surface area contributed by atoms with Gasteiger partial charge in [0.15, 0.2) is 12.2 Å². The maximum absolute atomic E-state index is 13.0. The molecule has 0 aliphatic carbocycles. The van der Waals surface area contributed by atoms with E-state index in [2.05, 4.69) is 35.8 Å². The van der Waals surface area contributed by atoms with E-state index >= 15 is 0 Å². The van der Waals surface area contributed by atoms with Crippen molar-refractivity contribution < 1.29 is 19.8 Å². The molecule has 0 bridgehead atoms. The summed E-state index contributed by atoms with van der Waals surface area (Å²) in [6.45, 7) is 2.90. The second kappa shape index (κ2) is 12.3. The summed E-state index contributed by atoms with van der Waals surface area (Å²) in [5.74, 6) is -1.34. The van der Waals surface area contributed by atoms with Crippen LogP contribution in [0.1, 0.15) is 52.9 Å². The molecule has 0 radical (unpaired) electrons. The largest absolute Gasteiger partial charge is 0.380 e. The van der Waals surface area contributed by atoms with Crippen LogP contribution in [-0.4, -0.2) is 52.2 Å². The fourth-order valence-corrected chi connectivity index (χ4v) is 5.59. The van der Waals surface area contributed by atoms with Gasteiger partial charge in [-0.25, -0.2) is 0 Å². The summed E-state index contributed by atoms with van der Waals surface area (Å²) in [6, 6.07) is 20.3. The minimum atomic E-state index is -1.81. The predicted octanol–water partition coefficient (Wildman–Crippen LogP) is 3.65. The van der Waals surface area contributed by atoms with Gasteiger partial charge in [-0.2, -0.15) is 0 Å². The van der Waals surface area contributed by atoms with E-state index in [1.807, 2.05) is 42.5 Å². The minimum Gasteiger partial charge on any atom is -0.380 e. The number of thiophene rings is 1. The van der Waals surface area contributed by atoms with Gasteiger partial charge in [-0.3, -0.25) is 9.59 Å². The number of hydrogen-bond acceptors (Lipinski definition) is 5. The molecule has 1 aliphatic heterocycles. The average molecular weight is 507 g/mol. The zero-order valence-corrected chi connectivity index (χ0v) is 21.4. The lowest BCUT2D eigenvalue weighted by Gasteiger charge is -2.28. The highest BCUT2D eigenvalue weighted by atomic mass is 32.1. The number of aliphatic hydroxyl groups is 2. The molecule has 3 atom stereocenters. The molecule has 0 saturated carbocycles. The molecule has 6 nitrogen and oxygen atoms in total. The molecule has 2 aromatic carbocycles. The average Bonchev–Trinajstić information content (AvgIpc) is 3.58. The molecule has 1 saturated heterocycles. The SMILES string of the molecule is CCc1ccc(C2CCCN2C(=O)[C@H](O)[C@@H](O)C(=O)NCCc2cc(Cc3ccccc3)cs2)cc1. The molecule has 2 amide bonds. The van der Waals surface area contributed by atoms with Gasteiger partial charge in [0.2, 0.25) is 0 Å². The Hall–Kier alpha value is -3.00. The van der Waals surface area contributed by atoms with Crippen LogP contribution in [0.15, 0.2) is 66.0 Å². The van der Waals surface area contributed by atoms with Gasteiger partial charge in [-0.15, -0.1) is 11.3 Å². The minimum absolute atomic E-state index is 0.155. The van der Waals surface area contributed by atoms with Crippen LogP contribution >= 0.6 is 11.3 Å². The number of carbonyl (C=O) groups excluding carboxylic acids is 2. The van der Waals surface area contributed by atoms with Gasteiger partial charge in [-0.1, -0.05) is 61.5 Å². The molecule has 7 heteroatoms. The molecule has 36 heavy (non-hydrogen) atoms. The molecule has 1 aliphatic rings. The monoisotopic (exact) mass is 506 g/mol. The molecular weight excluding hydrogens is 472 g/mol. The predicted molar refractivity (Wildman–Crippen MR) is 142 cm³/mol. The highest BCUT2D eigenvalue weighted by Crippen LogP contribution is 2.32. The van der Waals surface area contributed by atoms with Crippen molar-refractivity contribution in [3.63, 3.8) is 0 Å². The summed E-state index contributed by atoms with van der Waals surface area (Å²) in [5.41, 5.74) is 4.69. The van der Waals surface area contributed by atoms with Crippen molar-refractivity contribution >= 4 is 23.2 Å². The van der Waals surface area contributed by atoms with Crippen LogP contribution in [0.3, 0.4) is 0 Å². The maximum atomic E-state index is 13.0. The first-order valence-corrected chi connectivity index (χ1v) is 13.5. The Labute approximate surface area is 216 Å². The van der Waals surface area contributed by atoms with E-state index < -0.39 is 24.0 Å². The Balaban J connectivity index is 1.27. The summed E-state index contributed by atoms with van der Waals surface area (Å²) < 4.78 is 0. The number of aryl methyl sites for hydroxylation is 1. The quantitative estimate of drug-likeness (QED) is 0.392. The fourth-order valence-electron chi connectivity index (χ4n) is 4.70. The Morgan fingerprint density at radius 3 is 2.50 bits per heavy atom. The van der Waals surface area contributed by atoms with Crippen molar-refractivity contribution in [1.82, 2.24) is 10.2 Å². The zero-order chi connectivity index (χ0) is 25.5. The van der Waals surface area contributed by atoms with Crippen LogP contribution < -0.4 is 5.32 Å². The lowest BCUT2D eigenvalue weighted by Crippen LogP contribution is -2.50. The van der Waals surface area contributed by atoms with E-state index in [0.717, 1.165) is 36.1 Å². The van der Waals surface area contributed by atoms with Gasteiger partial charge in [-0.05, 0) is 65.8 Å².